The Morgan fingerprint density at radius 1 is 1.30 bits per heavy atom. The van der Waals surface area contributed by atoms with Crippen molar-refractivity contribution >= 4 is 18.8 Å². The van der Waals surface area contributed by atoms with Gasteiger partial charge in [0.15, 0.2) is 5.69 Å². The number of nitriles is 1. The van der Waals surface area contributed by atoms with Crippen LogP contribution in [-0.2, 0) is 5.67 Å². The summed E-state index contributed by atoms with van der Waals surface area (Å²) in [5, 5.41) is 12.4. The molecule has 0 aliphatic heterocycles. The van der Waals surface area contributed by atoms with Gasteiger partial charge in [0, 0.05) is 30.7 Å². The molecule has 33 heavy (non-hydrogen) atoms. The van der Waals surface area contributed by atoms with Gasteiger partial charge in [0.1, 0.15) is 35.6 Å². The maximum atomic E-state index is 15.0. The monoisotopic (exact) mass is 472 g/mol. The van der Waals surface area contributed by atoms with Crippen LogP contribution in [-0.4, -0.2) is 43.3 Å². The van der Waals surface area contributed by atoms with Crippen LogP contribution >= 0.6 is 12.8 Å². The van der Waals surface area contributed by atoms with Crippen LogP contribution in [0.3, 0.4) is 0 Å². The summed E-state index contributed by atoms with van der Waals surface area (Å²) in [6, 6.07) is 4.94. The molecule has 2 N–H and O–H groups in total. The lowest BCUT2D eigenvalue weighted by atomic mass is 9.99. The molecule has 0 saturated carbocycles. The average Bonchev–Trinajstić information content (AvgIpc) is 3.28. The van der Waals surface area contributed by atoms with E-state index in [1.807, 2.05) is 13.0 Å². The summed E-state index contributed by atoms with van der Waals surface area (Å²) < 4.78 is 33.7. The molecule has 8 nitrogen and oxygen atoms in total. The minimum atomic E-state index is -1.74. The van der Waals surface area contributed by atoms with E-state index in [0.717, 1.165) is 6.42 Å². The third-order valence-electron chi connectivity index (χ3n) is 5.06. The highest BCUT2D eigenvalue weighted by atomic mass is 32.1. The summed E-state index contributed by atoms with van der Waals surface area (Å²) in [4.78, 5) is 17.2. The number of halogens is 2. The van der Waals surface area contributed by atoms with E-state index in [9.17, 15) is 14.0 Å². The number of nitrogens with zero attached hydrogens (tertiary/aromatic N) is 6. The largest absolute Gasteiger partial charge is 0.348 e. The Morgan fingerprint density at radius 2 is 2.09 bits per heavy atom. The van der Waals surface area contributed by atoms with Gasteiger partial charge in [-0.15, -0.1) is 0 Å². The van der Waals surface area contributed by atoms with Crippen molar-refractivity contribution in [3.8, 4) is 23.1 Å². The highest BCUT2D eigenvalue weighted by Gasteiger charge is 2.28. The molecule has 2 atom stereocenters. The van der Waals surface area contributed by atoms with Crippen molar-refractivity contribution in [1.82, 2.24) is 29.2 Å². The van der Waals surface area contributed by atoms with Crippen LogP contribution in [0.25, 0.3) is 17.1 Å². The average molecular weight is 473 g/mol. The lowest BCUT2D eigenvalue weighted by Gasteiger charge is -2.23. The zero-order valence-corrected chi connectivity index (χ0v) is 19.5. The quantitative estimate of drug-likeness (QED) is 0.381. The number of anilines is 1. The molecule has 0 radical (unpaired) electrons. The first-order chi connectivity index (χ1) is 15.8. The summed E-state index contributed by atoms with van der Waals surface area (Å²) in [5.74, 6) is 0.173. The smallest absolute Gasteiger partial charge is 0.223 e. The van der Waals surface area contributed by atoms with E-state index in [1.54, 1.807) is 22.9 Å². The number of nitrogens with one attached hydrogen (secondary N) is 2. The van der Waals surface area contributed by atoms with Crippen LogP contribution in [0.2, 0.25) is 0 Å². The van der Waals surface area contributed by atoms with E-state index < -0.39 is 17.9 Å². The molecular weight excluding hydrogens is 446 g/mol. The molecule has 174 valence electrons. The first-order valence-corrected chi connectivity index (χ1v) is 11.0. The fourth-order valence-corrected chi connectivity index (χ4v) is 3.57. The molecule has 11 heteroatoms. The Hall–Kier alpha value is -3.10. The molecule has 0 aliphatic rings. The summed E-state index contributed by atoms with van der Waals surface area (Å²) in [6.45, 7) is 4.82. The maximum absolute atomic E-state index is 15.0. The Labute approximate surface area is 197 Å². The number of hydrogen-bond acceptors (Lipinski definition) is 8. The van der Waals surface area contributed by atoms with E-state index in [0.29, 0.717) is 17.8 Å². The van der Waals surface area contributed by atoms with Gasteiger partial charge >= 0.3 is 0 Å². The van der Waals surface area contributed by atoms with Crippen LogP contribution in [0.5, 0.6) is 0 Å². The number of thiol groups is 1. The SMILES string of the molecule is CCCC(Nc1ncc(C(C)(C)F)c(-c2cn(-c3cccnc3C#N)cn2)n1)C(F)CNS. The first-order valence-electron chi connectivity index (χ1n) is 10.5. The summed E-state index contributed by atoms with van der Waals surface area (Å²) in [6.07, 6.45) is 6.16. The van der Waals surface area contributed by atoms with Gasteiger partial charge < -0.3 is 9.88 Å². The van der Waals surface area contributed by atoms with Gasteiger partial charge in [-0.3, -0.25) is 4.72 Å². The highest BCUT2D eigenvalue weighted by Crippen LogP contribution is 2.33. The molecule has 3 heterocycles. The molecule has 0 aromatic carbocycles. The Bertz CT molecular complexity index is 1120. The van der Waals surface area contributed by atoms with E-state index in [4.69, 9.17) is 0 Å². The van der Waals surface area contributed by atoms with Gasteiger partial charge in [-0.25, -0.2) is 28.7 Å². The van der Waals surface area contributed by atoms with Crippen LogP contribution in [0.1, 0.15) is 44.9 Å². The Morgan fingerprint density at radius 3 is 2.76 bits per heavy atom. The molecule has 3 aromatic rings. The zero-order valence-electron chi connectivity index (χ0n) is 18.6. The number of pyridine rings is 1. The maximum Gasteiger partial charge on any atom is 0.223 e. The van der Waals surface area contributed by atoms with Crippen LogP contribution in [0.4, 0.5) is 14.7 Å². The van der Waals surface area contributed by atoms with Gasteiger partial charge in [0.2, 0.25) is 5.95 Å². The second-order valence-corrected chi connectivity index (χ2v) is 8.31. The van der Waals surface area contributed by atoms with Crippen LogP contribution in [0.15, 0.2) is 37.1 Å². The third kappa shape index (κ3) is 5.83. The van der Waals surface area contributed by atoms with Crippen LogP contribution < -0.4 is 10.0 Å². The first kappa shape index (κ1) is 24.5. The topological polar surface area (TPSA) is 104 Å². The molecule has 3 rings (SSSR count). The normalized spacial score (nSPS) is 13.4. The second-order valence-electron chi connectivity index (χ2n) is 8.00. The van der Waals surface area contributed by atoms with Gasteiger partial charge in [-0.2, -0.15) is 5.26 Å². The van der Waals surface area contributed by atoms with Crippen molar-refractivity contribution in [1.29, 1.82) is 5.26 Å². The Balaban J connectivity index is 2.02. The fraction of sp³-hybridized carbons (Fsp3) is 0.409. The predicted molar refractivity (Wildman–Crippen MR) is 125 cm³/mol. The van der Waals surface area contributed by atoms with Gasteiger partial charge in [-0.1, -0.05) is 26.2 Å². The molecule has 0 bridgehead atoms. The van der Waals surface area contributed by atoms with Crippen molar-refractivity contribution in [3.05, 3.63) is 48.3 Å². The summed E-state index contributed by atoms with van der Waals surface area (Å²) >= 11 is 3.88. The van der Waals surface area contributed by atoms with Crippen molar-refractivity contribution in [2.75, 3.05) is 11.9 Å². The van der Waals surface area contributed by atoms with Crippen LogP contribution in [0, 0.1) is 11.3 Å². The highest BCUT2D eigenvalue weighted by molar-refractivity contribution is 7.78. The predicted octanol–water partition coefficient (Wildman–Crippen LogP) is 4.15. The molecule has 3 aromatic heterocycles. The molecule has 0 saturated heterocycles. The number of rotatable bonds is 10. The summed E-state index contributed by atoms with van der Waals surface area (Å²) in [7, 11) is 0. The fourth-order valence-electron chi connectivity index (χ4n) is 3.40. The number of alkyl halides is 2. The second kappa shape index (κ2) is 10.7. The minimum Gasteiger partial charge on any atom is -0.348 e. The van der Waals surface area contributed by atoms with E-state index in [-0.39, 0.29) is 29.4 Å². The molecule has 0 spiro atoms. The third-order valence-corrected chi connectivity index (χ3v) is 5.24. The van der Waals surface area contributed by atoms with Gasteiger partial charge in [0.05, 0.1) is 11.7 Å². The number of hydrogen-bond donors (Lipinski definition) is 3. The minimum absolute atomic E-state index is 0.0555. The number of imidazole rings is 1. The van der Waals surface area contributed by atoms with E-state index in [2.05, 4.69) is 42.8 Å². The number of aromatic nitrogens is 5. The van der Waals surface area contributed by atoms with Crippen molar-refractivity contribution in [2.24, 2.45) is 0 Å². The zero-order chi connectivity index (χ0) is 24.0. The van der Waals surface area contributed by atoms with Crippen molar-refractivity contribution in [2.45, 2.75) is 51.5 Å². The summed E-state index contributed by atoms with van der Waals surface area (Å²) in [5.41, 5.74) is -0.0771. The molecule has 0 amide bonds. The molecule has 0 fully saturated rings. The lowest BCUT2D eigenvalue weighted by Crippen LogP contribution is -2.36. The van der Waals surface area contributed by atoms with E-state index >= 15 is 0 Å². The van der Waals surface area contributed by atoms with Gasteiger partial charge in [0.25, 0.3) is 0 Å². The molecule has 2 unspecified atom stereocenters. The molecule has 0 aliphatic carbocycles. The van der Waals surface area contributed by atoms with E-state index in [1.165, 1.54) is 32.6 Å². The molecular formula is C22H26F2N8S. The standard InChI is InChI=1S/C22H26F2N8S/c1-4-6-16(15(23)11-29-33)30-21-27-10-14(22(2,3)24)20(31-21)18-12-32(13-28-18)19-7-5-8-26-17(19)9-25/h5,7-8,10,12-13,15-16,29,33H,4,6,11H2,1-3H3,(H,27,30,31). The van der Waals surface area contributed by atoms with Crippen molar-refractivity contribution < 1.29 is 8.78 Å². The Kier molecular flexibility index (Phi) is 7.94. The lowest BCUT2D eigenvalue weighted by molar-refractivity contribution is 0.221. The van der Waals surface area contributed by atoms with Gasteiger partial charge in [-0.05, 0) is 32.4 Å². The van der Waals surface area contributed by atoms with Crippen molar-refractivity contribution in [3.63, 3.8) is 0 Å².